The minimum Gasteiger partial charge on any atom is -0.465 e. The van der Waals surface area contributed by atoms with E-state index < -0.39 is 158 Å². The van der Waals surface area contributed by atoms with Crippen molar-refractivity contribution in [2.45, 2.75) is 141 Å². The van der Waals surface area contributed by atoms with Gasteiger partial charge in [-0.25, -0.2) is 9.59 Å². The minimum absolute atomic E-state index is 0.00878. The molecule has 26 nitrogen and oxygen atoms in total. The van der Waals surface area contributed by atoms with E-state index in [4.69, 9.17) is 47.4 Å². The van der Waals surface area contributed by atoms with Crippen molar-refractivity contribution in [3.8, 4) is 0 Å². The van der Waals surface area contributed by atoms with E-state index in [0.717, 1.165) is 69.6 Å². The van der Waals surface area contributed by atoms with Crippen LogP contribution in [0.5, 0.6) is 0 Å². The van der Waals surface area contributed by atoms with Crippen LogP contribution in [-0.2, 0) is 95.3 Å². The Morgan fingerprint density at radius 2 is 0.833 bits per heavy atom. The molecule has 3 rings (SSSR count). The van der Waals surface area contributed by atoms with Crippen LogP contribution in [0.4, 0.5) is 0 Å². The lowest BCUT2D eigenvalue weighted by Crippen LogP contribution is -2.74. The molecule has 12 atom stereocenters. The van der Waals surface area contributed by atoms with Gasteiger partial charge in [0.05, 0.1) is 26.3 Å². The highest BCUT2D eigenvalue weighted by Gasteiger charge is 2.60. The van der Waals surface area contributed by atoms with Crippen LogP contribution in [-0.4, -0.2) is 206 Å². The van der Waals surface area contributed by atoms with Gasteiger partial charge in [-0.05, 0) is 0 Å². The molecule has 0 aromatic rings. The van der Waals surface area contributed by atoms with Crippen molar-refractivity contribution in [3.63, 3.8) is 0 Å². The number of ether oxygens (including phenoxy) is 10. The number of rotatable bonds is 18. The Kier molecular flexibility index (Phi) is 19.7. The van der Waals surface area contributed by atoms with Crippen LogP contribution in [0.25, 0.3) is 0 Å². The number of piperazine rings is 1. The Bertz CT molecular complexity index is 1700. The van der Waals surface area contributed by atoms with Gasteiger partial charge in [0.15, 0.2) is 24.4 Å². The molecule has 4 N–H and O–H groups in total. The highest BCUT2D eigenvalue weighted by atomic mass is 16.7. The Labute approximate surface area is 379 Å². The molecule has 0 radical (unpaired) electrons. The molecule has 0 aromatic heterocycles. The van der Waals surface area contributed by atoms with E-state index >= 15 is 0 Å². The van der Waals surface area contributed by atoms with Gasteiger partial charge in [-0.2, -0.15) is 0 Å². The topological polar surface area (TPSA) is 334 Å². The van der Waals surface area contributed by atoms with Gasteiger partial charge in [0, 0.05) is 106 Å². The molecule has 26 heteroatoms. The van der Waals surface area contributed by atoms with E-state index in [0.29, 0.717) is 0 Å². The number of carbonyl (C=O) groups is 10. The average molecular weight is 949 g/mol. The summed E-state index contributed by atoms with van der Waals surface area (Å²) < 4.78 is 53.8. The number of hydrogen-bond acceptors (Lipinski definition) is 24. The molecule has 3 saturated heterocycles. The van der Waals surface area contributed by atoms with Crippen molar-refractivity contribution < 1.29 is 106 Å². The van der Waals surface area contributed by atoms with Gasteiger partial charge in [-0.15, -0.1) is 0 Å². The maximum absolute atomic E-state index is 13.3. The summed E-state index contributed by atoms with van der Waals surface area (Å²) in [6.45, 7) is 7.07. The van der Waals surface area contributed by atoms with E-state index in [-0.39, 0.29) is 26.2 Å². The number of nitrogens with one attached hydrogen (secondary N) is 2. The number of nitrogens with zero attached hydrogens (tertiary/aromatic N) is 2. The number of aliphatic hydroxyl groups is 2. The summed E-state index contributed by atoms with van der Waals surface area (Å²) in [7, 11) is 1.94. The van der Waals surface area contributed by atoms with Crippen molar-refractivity contribution in [1.29, 1.82) is 0 Å². The molecule has 0 unspecified atom stereocenters. The standard InChI is InChI=1S/C40H60N4O22/c1-19(45)41-31-27(15-39(55,37(53)57-9)65-35(31)33(63-25(7)51)29(61-23(5)49)17-59-21(3)47)43-11-13-44(14-12-43)28-16-40(56,38(54)58-10)66-36(32(28)42-20(2)46)34(64-26(8)52)30(62-24(6)50)18-60-22(4)48/h27-36,55-56H,11-18H2,1-10H3,(H,41,45)(H,42,46)/t27-,28-,29+,30+,31+,32+,33+,34+,35+,36+,39-,40-/m0/s1. The molecule has 372 valence electrons. The third kappa shape index (κ3) is 14.7. The monoisotopic (exact) mass is 948 g/mol. The van der Waals surface area contributed by atoms with Crippen LogP contribution >= 0.6 is 0 Å². The molecule has 0 spiro atoms. The number of carbonyl (C=O) groups excluding carboxylic acids is 10. The SMILES string of the molecule is COC(=O)[C@]1(O)C[C@H](N2CCN([C@H]3C[C@@](O)(C(=O)OC)O[C@@H]([C@H](OC(C)=O)[C@@H](COC(C)=O)OC(C)=O)[C@@H]3NC(C)=O)CC2)[C@@H](NC(C)=O)[C@H]([C@H](OC(C)=O)[C@@H](COC(C)=O)OC(C)=O)O1. The molecular formula is C40H60N4O22. The van der Waals surface area contributed by atoms with Crippen molar-refractivity contribution in [3.05, 3.63) is 0 Å². The normalized spacial score (nSPS) is 28.6. The van der Waals surface area contributed by atoms with E-state index in [2.05, 4.69) is 10.6 Å². The number of esters is 8. The van der Waals surface area contributed by atoms with Crippen LogP contribution in [0.15, 0.2) is 0 Å². The molecule has 3 fully saturated rings. The maximum atomic E-state index is 13.3. The molecule has 66 heavy (non-hydrogen) atoms. The van der Waals surface area contributed by atoms with Crippen molar-refractivity contribution in [2.24, 2.45) is 0 Å². The highest BCUT2D eigenvalue weighted by Crippen LogP contribution is 2.38. The molecular weight excluding hydrogens is 888 g/mol. The van der Waals surface area contributed by atoms with Gasteiger partial charge >= 0.3 is 47.8 Å². The van der Waals surface area contributed by atoms with Crippen molar-refractivity contribution in [1.82, 2.24) is 20.4 Å². The summed E-state index contributed by atoms with van der Waals surface area (Å²) in [5.74, 6) is -14.8. The maximum Gasteiger partial charge on any atom is 0.366 e. The fourth-order valence-corrected chi connectivity index (χ4v) is 8.33. The fraction of sp³-hybridized carbons (Fsp3) is 0.750. The third-order valence-corrected chi connectivity index (χ3v) is 10.7. The summed E-state index contributed by atoms with van der Waals surface area (Å²) in [5.41, 5.74) is 0. The molecule has 3 heterocycles. The lowest BCUT2D eigenvalue weighted by Gasteiger charge is -2.54. The van der Waals surface area contributed by atoms with Crippen LogP contribution < -0.4 is 10.6 Å². The molecule has 0 bridgehead atoms. The zero-order chi connectivity index (χ0) is 49.8. The second-order valence-electron chi connectivity index (χ2n) is 15.8. The predicted octanol–water partition coefficient (Wildman–Crippen LogP) is -3.50. The first kappa shape index (κ1) is 54.8. The lowest BCUT2D eigenvalue weighted by atomic mass is 9.84. The second-order valence-corrected chi connectivity index (χ2v) is 15.8. The summed E-state index contributed by atoms with van der Waals surface area (Å²) in [6.07, 6.45) is -11.3. The van der Waals surface area contributed by atoms with Crippen LogP contribution in [0.1, 0.15) is 68.2 Å². The lowest BCUT2D eigenvalue weighted by molar-refractivity contribution is -0.297. The van der Waals surface area contributed by atoms with Gasteiger partial charge in [0.1, 0.15) is 25.4 Å². The Balaban J connectivity index is 2.17. The van der Waals surface area contributed by atoms with E-state index in [9.17, 15) is 58.2 Å². The summed E-state index contributed by atoms with van der Waals surface area (Å²) in [6, 6.07) is -4.77. The molecule has 0 aromatic carbocycles. The van der Waals surface area contributed by atoms with E-state index in [1.54, 1.807) is 9.80 Å². The van der Waals surface area contributed by atoms with Crippen LogP contribution in [0, 0.1) is 0 Å². The Hall–Kier alpha value is -5.54. The van der Waals surface area contributed by atoms with Gasteiger partial charge < -0.3 is 68.2 Å². The number of hydrogen-bond donors (Lipinski definition) is 4. The first-order chi connectivity index (χ1) is 30.7. The zero-order valence-electron chi connectivity index (χ0n) is 38.4. The van der Waals surface area contributed by atoms with E-state index in [1.807, 2.05) is 0 Å². The summed E-state index contributed by atoms with van der Waals surface area (Å²) in [5, 5.41) is 29.2. The first-order valence-corrected chi connectivity index (χ1v) is 20.7. The molecule has 0 aliphatic carbocycles. The van der Waals surface area contributed by atoms with Crippen molar-refractivity contribution in [2.75, 3.05) is 53.6 Å². The zero-order valence-corrected chi connectivity index (χ0v) is 38.4. The van der Waals surface area contributed by atoms with E-state index in [1.165, 1.54) is 0 Å². The van der Waals surface area contributed by atoms with Gasteiger partial charge in [-0.1, -0.05) is 0 Å². The Morgan fingerprint density at radius 3 is 1.08 bits per heavy atom. The number of amides is 2. The van der Waals surface area contributed by atoms with Crippen LogP contribution in [0.2, 0.25) is 0 Å². The second kappa shape index (κ2) is 23.8. The average Bonchev–Trinajstić information content (AvgIpc) is 3.22. The molecule has 3 aliphatic rings. The summed E-state index contributed by atoms with van der Waals surface area (Å²) in [4.78, 5) is 129. The van der Waals surface area contributed by atoms with Crippen LogP contribution in [0.3, 0.4) is 0 Å². The smallest absolute Gasteiger partial charge is 0.366 e. The predicted molar refractivity (Wildman–Crippen MR) is 214 cm³/mol. The third-order valence-electron chi connectivity index (χ3n) is 10.7. The Morgan fingerprint density at radius 1 is 0.530 bits per heavy atom. The molecule has 2 amide bonds. The van der Waals surface area contributed by atoms with Gasteiger partial charge in [0.2, 0.25) is 11.8 Å². The number of methoxy groups -OCH3 is 2. The summed E-state index contributed by atoms with van der Waals surface area (Å²) >= 11 is 0. The largest absolute Gasteiger partial charge is 0.465 e. The highest BCUT2D eigenvalue weighted by molar-refractivity contribution is 5.79. The van der Waals surface area contributed by atoms with Gasteiger partial charge in [0.25, 0.3) is 11.6 Å². The fourth-order valence-electron chi connectivity index (χ4n) is 8.33. The minimum atomic E-state index is -2.80. The molecule has 3 aliphatic heterocycles. The van der Waals surface area contributed by atoms with Gasteiger partial charge in [-0.3, -0.25) is 48.2 Å². The first-order valence-electron chi connectivity index (χ1n) is 20.7. The van der Waals surface area contributed by atoms with Crippen molar-refractivity contribution >= 4 is 59.6 Å². The quantitative estimate of drug-likeness (QED) is 0.0765. The molecule has 0 saturated carbocycles.